The van der Waals surface area contributed by atoms with Gasteiger partial charge in [-0.25, -0.2) is 0 Å². The van der Waals surface area contributed by atoms with Gasteiger partial charge in [0.05, 0.1) is 6.61 Å². The van der Waals surface area contributed by atoms with Gasteiger partial charge in [0.15, 0.2) is 0 Å². The van der Waals surface area contributed by atoms with Gasteiger partial charge in [0.2, 0.25) is 5.78 Å². The third-order valence-electron chi connectivity index (χ3n) is 4.60. The quantitative estimate of drug-likeness (QED) is 0.542. The Morgan fingerprint density at radius 1 is 0.960 bits per heavy atom. The van der Waals surface area contributed by atoms with Gasteiger partial charge in [0.1, 0.15) is 11.4 Å². The molecule has 0 bridgehead atoms. The number of hydrogen-bond donors (Lipinski definition) is 1. The highest BCUT2D eigenvalue weighted by molar-refractivity contribution is 6.24. The van der Waals surface area contributed by atoms with Gasteiger partial charge in [0, 0.05) is 23.8 Å². The highest BCUT2D eigenvalue weighted by Gasteiger charge is 2.26. The van der Waals surface area contributed by atoms with Crippen LogP contribution in [-0.4, -0.2) is 29.1 Å². The first-order valence-corrected chi connectivity index (χ1v) is 8.60. The Bertz CT molecular complexity index is 944. The molecule has 0 saturated carbocycles. The average Bonchev–Trinajstić information content (AvgIpc) is 2.65. The third-order valence-corrected chi connectivity index (χ3v) is 4.60. The molecule has 1 heterocycles. The van der Waals surface area contributed by atoms with E-state index < -0.39 is 0 Å². The topological polar surface area (TPSA) is 59.4 Å². The lowest BCUT2D eigenvalue weighted by molar-refractivity contribution is 0.103. The van der Waals surface area contributed by atoms with Gasteiger partial charge in [-0.05, 0) is 60.0 Å². The molecule has 1 aromatic heterocycles. The maximum absolute atomic E-state index is 12.8. The van der Waals surface area contributed by atoms with Crippen molar-refractivity contribution >= 4 is 16.6 Å². The summed E-state index contributed by atoms with van der Waals surface area (Å²) in [5, 5.41) is 10.8. The Hall–Kier alpha value is -2.72. The largest absolute Gasteiger partial charge is 0.494 e. The second-order valence-electron chi connectivity index (χ2n) is 6.23. The molecule has 4 nitrogen and oxygen atoms in total. The molecule has 2 aromatic carbocycles. The van der Waals surface area contributed by atoms with E-state index in [1.807, 2.05) is 42.5 Å². The van der Waals surface area contributed by atoms with Crippen LogP contribution in [0.15, 0.2) is 48.7 Å². The number of hydrogen-bond acceptors (Lipinski definition) is 4. The van der Waals surface area contributed by atoms with Gasteiger partial charge in [-0.15, -0.1) is 0 Å². The fraction of sp³-hybridized carbons (Fsp3) is 0.238. The molecule has 1 N–H and O–H groups in total. The van der Waals surface area contributed by atoms with Crippen molar-refractivity contribution < 1.29 is 14.6 Å². The van der Waals surface area contributed by atoms with Crippen molar-refractivity contribution in [2.45, 2.75) is 19.3 Å². The number of carbonyl (C=O) groups is 1. The van der Waals surface area contributed by atoms with Crippen LogP contribution in [0.4, 0.5) is 0 Å². The van der Waals surface area contributed by atoms with E-state index in [1.165, 1.54) is 0 Å². The third kappa shape index (κ3) is 2.79. The SMILES string of the molecule is O=C1c2ccc(OCCCCCO)cc2-c2cccc3ccnc1c23. The molecule has 3 aromatic rings. The van der Waals surface area contributed by atoms with E-state index in [0.29, 0.717) is 17.9 Å². The van der Waals surface area contributed by atoms with E-state index >= 15 is 0 Å². The summed E-state index contributed by atoms with van der Waals surface area (Å²) in [4.78, 5) is 17.1. The fourth-order valence-electron chi connectivity index (χ4n) is 3.37. The van der Waals surface area contributed by atoms with Crippen LogP contribution in [0.2, 0.25) is 0 Å². The molecular formula is C21H19NO3. The number of aliphatic hydroxyl groups excluding tert-OH is 1. The van der Waals surface area contributed by atoms with Crippen molar-refractivity contribution in [3.63, 3.8) is 0 Å². The number of aromatic nitrogens is 1. The summed E-state index contributed by atoms with van der Waals surface area (Å²) in [6, 6.07) is 13.6. The van der Waals surface area contributed by atoms with Gasteiger partial charge in [-0.1, -0.05) is 18.2 Å². The number of rotatable bonds is 6. The van der Waals surface area contributed by atoms with Gasteiger partial charge >= 0.3 is 0 Å². The first-order valence-electron chi connectivity index (χ1n) is 8.60. The number of pyridine rings is 1. The van der Waals surface area contributed by atoms with Crippen molar-refractivity contribution in [1.82, 2.24) is 4.98 Å². The predicted molar refractivity (Wildman–Crippen MR) is 97.0 cm³/mol. The predicted octanol–water partition coefficient (Wildman–Crippen LogP) is 3.99. The smallest absolute Gasteiger partial charge is 0.212 e. The van der Waals surface area contributed by atoms with Crippen molar-refractivity contribution in [2.24, 2.45) is 0 Å². The summed E-state index contributed by atoms with van der Waals surface area (Å²) < 4.78 is 5.83. The highest BCUT2D eigenvalue weighted by Crippen LogP contribution is 2.39. The number of fused-ring (bicyclic) bond motifs is 2. The molecule has 4 rings (SSSR count). The van der Waals surface area contributed by atoms with E-state index in [0.717, 1.165) is 46.9 Å². The minimum absolute atomic E-state index is 0.0335. The Labute approximate surface area is 146 Å². The zero-order valence-electron chi connectivity index (χ0n) is 13.9. The molecule has 25 heavy (non-hydrogen) atoms. The zero-order chi connectivity index (χ0) is 17.2. The maximum Gasteiger partial charge on any atom is 0.212 e. The molecule has 0 amide bonds. The lowest BCUT2D eigenvalue weighted by Gasteiger charge is -2.19. The number of aliphatic hydroxyl groups is 1. The maximum atomic E-state index is 12.8. The second-order valence-corrected chi connectivity index (χ2v) is 6.23. The standard InChI is InChI=1S/C21H19NO3/c23-11-2-1-3-12-25-15-7-8-17-18(13-15)16-6-4-5-14-9-10-22-20(19(14)16)21(17)24/h4-10,13,23H,1-3,11-12H2. The normalized spacial score (nSPS) is 12.3. The molecule has 4 heteroatoms. The molecule has 126 valence electrons. The van der Waals surface area contributed by atoms with Crippen molar-refractivity contribution in [1.29, 1.82) is 0 Å². The Balaban J connectivity index is 1.70. The van der Waals surface area contributed by atoms with Crippen LogP contribution in [-0.2, 0) is 0 Å². The summed E-state index contributed by atoms with van der Waals surface area (Å²) in [5.74, 6) is 0.730. The van der Waals surface area contributed by atoms with Crippen molar-refractivity contribution in [3.05, 3.63) is 59.9 Å². The Kier molecular flexibility index (Phi) is 4.20. The first kappa shape index (κ1) is 15.8. The minimum atomic E-state index is -0.0335. The lowest BCUT2D eigenvalue weighted by atomic mass is 9.85. The fourth-order valence-corrected chi connectivity index (χ4v) is 3.37. The van der Waals surface area contributed by atoms with Crippen LogP contribution in [0.5, 0.6) is 5.75 Å². The molecule has 1 aliphatic rings. The van der Waals surface area contributed by atoms with Crippen molar-refractivity contribution in [2.75, 3.05) is 13.2 Å². The number of carbonyl (C=O) groups excluding carboxylic acids is 1. The summed E-state index contributed by atoms with van der Waals surface area (Å²) in [6.07, 6.45) is 4.33. The van der Waals surface area contributed by atoms with Gasteiger partial charge in [0.25, 0.3) is 0 Å². The molecule has 0 radical (unpaired) electrons. The lowest BCUT2D eigenvalue weighted by Crippen LogP contribution is -2.12. The van der Waals surface area contributed by atoms with Gasteiger partial charge in [-0.3, -0.25) is 9.78 Å². The van der Waals surface area contributed by atoms with E-state index in [1.54, 1.807) is 6.20 Å². The zero-order valence-corrected chi connectivity index (χ0v) is 13.9. The second kappa shape index (κ2) is 6.65. The van der Waals surface area contributed by atoms with E-state index in [2.05, 4.69) is 4.98 Å². The molecular weight excluding hydrogens is 314 g/mol. The molecule has 0 aliphatic heterocycles. The van der Waals surface area contributed by atoms with Crippen LogP contribution >= 0.6 is 0 Å². The van der Waals surface area contributed by atoms with E-state index in [-0.39, 0.29) is 12.4 Å². The summed E-state index contributed by atoms with van der Waals surface area (Å²) >= 11 is 0. The summed E-state index contributed by atoms with van der Waals surface area (Å²) in [5.41, 5.74) is 3.13. The van der Waals surface area contributed by atoms with Crippen LogP contribution in [0, 0.1) is 0 Å². The molecule has 0 saturated heterocycles. The van der Waals surface area contributed by atoms with Gasteiger partial charge < -0.3 is 9.84 Å². The molecule has 0 fully saturated rings. The van der Waals surface area contributed by atoms with Gasteiger partial charge in [-0.2, -0.15) is 0 Å². The van der Waals surface area contributed by atoms with Crippen LogP contribution in [0.25, 0.3) is 21.9 Å². The molecule has 1 aliphatic carbocycles. The Morgan fingerprint density at radius 2 is 1.88 bits per heavy atom. The first-order chi connectivity index (χ1) is 12.3. The van der Waals surface area contributed by atoms with Crippen LogP contribution in [0.1, 0.15) is 35.3 Å². The number of benzene rings is 2. The number of nitrogens with zero attached hydrogens (tertiary/aromatic N) is 1. The average molecular weight is 333 g/mol. The summed E-state index contributed by atoms with van der Waals surface area (Å²) in [7, 11) is 0. The van der Waals surface area contributed by atoms with E-state index in [9.17, 15) is 4.79 Å². The Morgan fingerprint density at radius 3 is 2.76 bits per heavy atom. The van der Waals surface area contributed by atoms with Crippen LogP contribution < -0.4 is 4.74 Å². The monoisotopic (exact) mass is 333 g/mol. The highest BCUT2D eigenvalue weighted by atomic mass is 16.5. The number of ether oxygens (including phenoxy) is 1. The number of unbranched alkanes of at least 4 members (excludes halogenated alkanes) is 2. The summed E-state index contributed by atoms with van der Waals surface area (Å²) in [6.45, 7) is 0.827. The van der Waals surface area contributed by atoms with Crippen molar-refractivity contribution in [3.8, 4) is 16.9 Å². The molecule has 0 spiro atoms. The molecule has 0 atom stereocenters. The number of ketones is 1. The van der Waals surface area contributed by atoms with Crippen LogP contribution in [0.3, 0.4) is 0 Å². The van der Waals surface area contributed by atoms with E-state index in [4.69, 9.17) is 9.84 Å². The minimum Gasteiger partial charge on any atom is -0.494 e. The molecule has 0 unspecified atom stereocenters.